The lowest BCUT2D eigenvalue weighted by atomic mass is 9.96. The molecule has 0 amide bonds. The number of aliphatic imine (C=N–C) groups is 1. The van der Waals surface area contributed by atoms with Gasteiger partial charge in [0, 0.05) is 32.1 Å². The van der Waals surface area contributed by atoms with E-state index in [-0.39, 0.29) is 35.1 Å². The molecule has 0 bridgehead atoms. The van der Waals surface area contributed by atoms with Crippen LogP contribution in [0.25, 0.3) is 0 Å². The van der Waals surface area contributed by atoms with Crippen LogP contribution in [0.5, 0.6) is 5.75 Å². The number of nitrogens with zero attached hydrogens (tertiary/aromatic N) is 2. The molecule has 1 saturated heterocycles. The Kier molecular flexibility index (Phi) is 6.72. The Morgan fingerprint density at radius 3 is 2.37 bits per heavy atom. The van der Waals surface area contributed by atoms with Crippen molar-refractivity contribution in [3.8, 4) is 5.75 Å². The second kappa shape index (κ2) is 8.14. The van der Waals surface area contributed by atoms with E-state index >= 15 is 0 Å². The number of halogens is 1. The molecule has 3 rings (SSSR count). The lowest BCUT2D eigenvalue weighted by Gasteiger charge is -2.39. The molecule has 1 aromatic rings. The van der Waals surface area contributed by atoms with Gasteiger partial charge in [-0.05, 0) is 44.4 Å². The molecule has 0 atom stereocenters. The van der Waals surface area contributed by atoms with Crippen molar-refractivity contribution in [1.82, 2.24) is 10.2 Å². The Hall–Kier alpha value is -1.03. The minimum absolute atomic E-state index is 0. The van der Waals surface area contributed by atoms with Gasteiger partial charge in [-0.15, -0.1) is 24.0 Å². The highest BCUT2D eigenvalue weighted by molar-refractivity contribution is 14.0. The third-order valence-corrected chi connectivity index (χ3v) is 8.23. The zero-order chi connectivity index (χ0) is 19.0. The predicted octanol–water partition coefficient (Wildman–Crippen LogP) is 2.43. The minimum atomic E-state index is -3.05. The standard InChI is InChI=1S/C19H29N3O3S.HI/c1-18(2)14-22(11-12-26(18,23)24)17(20-3)21-13-19(9-10-19)15-5-7-16(25-4)8-6-15;/h5-8H,9-14H2,1-4H3,(H,20,21);1H. The van der Waals surface area contributed by atoms with Crippen molar-refractivity contribution in [2.24, 2.45) is 4.99 Å². The quantitative estimate of drug-likeness (QED) is 0.385. The topological polar surface area (TPSA) is 71.0 Å². The van der Waals surface area contributed by atoms with Crippen LogP contribution in [0, 0.1) is 0 Å². The number of sulfone groups is 1. The van der Waals surface area contributed by atoms with Crippen molar-refractivity contribution < 1.29 is 13.2 Å². The Morgan fingerprint density at radius 2 is 1.89 bits per heavy atom. The first kappa shape index (κ1) is 22.3. The molecule has 0 aromatic heterocycles. The molecule has 1 aromatic carbocycles. The van der Waals surface area contributed by atoms with E-state index in [1.165, 1.54) is 5.56 Å². The Bertz CT molecular complexity index is 787. The molecule has 0 unspecified atom stereocenters. The molecule has 8 heteroatoms. The molecule has 2 aliphatic rings. The fourth-order valence-corrected chi connectivity index (χ4v) is 4.93. The smallest absolute Gasteiger partial charge is 0.193 e. The highest BCUT2D eigenvalue weighted by Crippen LogP contribution is 2.47. The second-order valence-corrected chi connectivity index (χ2v) is 10.7. The molecule has 152 valence electrons. The molecular weight excluding hydrogens is 477 g/mol. The maximum atomic E-state index is 12.2. The van der Waals surface area contributed by atoms with Crippen LogP contribution in [0.1, 0.15) is 32.3 Å². The van der Waals surface area contributed by atoms with Crippen molar-refractivity contribution in [3.05, 3.63) is 29.8 Å². The van der Waals surface area contributed by atoms with Crippen LogP contribution in [0.4, 0.5) is 0 Å². The average molecular weight is 507 g/mol. The number of guanidine groups is 1. The maximum absolute atomic E-state index is 12.2. The van der Waals surface area contributed by atoms with Crippen LogP contribution in [-0.2, 0) is 15.3 Å². The summed E-state index contributed by atoms with van der Waals surface area (Å²) in [6.45, 7) is 5.34. The molecule has 27 heavy (non-hydrogen) atoms. The van der Waals surface area contributed by atoms with Gasteiger partial charge in [0.15, 0.2) is 15.8 Å². The molecule has 6 nitrogen and oxygen atoms in total. The van der Waals surface area contributed by atoms with Gasteiger partial charge in [-0.2, -0.15) is 0 Å². The van der Waals surface area contributed by atoms with E-state index in [2.05, 4.69) is 27.3 Å². The summed E-state index contributed by atoms with van der Waals surface area (Å²) in [4.78, 5) is 6.45. The first-order valence-corrected chi connectivity index (χ1v) is 10.7. The van der Waals surface area contributed by atoms with Crippen molar-refractivity contribution >= 4 is 39.8 Å². The SMILES string of the molecule is CN=C(NCC1(c2ccc(OC)cc2)CC1)N1CCS(=O)(=O)C(C)(C)C1.I. The summed E-state index contributed by atoms with van der Waals surface area (Å²) in [5.74, 6) is 1.82. The van der Waals surface area contributed by atoms with Gasteiger partial charge >= 0.3 is 0 Å². The molecule has 1 heterocycles. The average Bonchev–Trinajstić information content (AvgIpc) is 3.40. The molecule has 0 radical (unpaired) electrons. The lowest BCUT2D eigenvalue weighted by Crippen LogP contribution is -2.57. The summed E-state index contributed by atoms with van der Waals surface area (Å²) in [5, 5.41) is 3.48. The number of ether oxygens (including phenoxy) is 1. The Labute approximate surface area is 179 Å². The first-order chi connectivity index (χ1) is 12.2. The Morgan fingerprint density at radius 1 is 1.26 bits per heavy atom. The van der Waals surface area contributed by atoms with Gasteiger partial charge in [0.05, 0.1) is 17.6 Å². The fraction of sp³-hybridized carbons (Fsp3) is 0.632. The van der Waals surface area contributed by atoms with Crippen LogP contribution < -0.4 is 10.1 Å². The third kappa shape index (κ3) is 4.52. The van der Waals surface area contributed by atoms with Gasteiger partial charge in [0.2, 0.25) is 0 Å². The number of nitrogens with one attached hydrogen (secondary N) is 1. The van der Waals surface area contributed by atoms with Gasteiger partial charge in [0.1, 0.15) is 5.75 Å². The monoisotopic (exact) mass is 507 g/mol. The van der Waals surface area contributed by atoms with Gasteiger partial charge < -0.3 is 15.0 Å². The van der Waals surface area contributed by atoms with Gasteiger partial charge in [-0.25, -0.2) is 8.42 Å². The maximum Gasteiger partial charge on any atom is 0.193 e. The zero-order valence-electron chi connectivity index (χ0n) is 16.5. The van der Waals surface area contributed by atoms with E-state index in [0.29, 0.717) is 13.1 Å². The zero-order valence-corrected chi connectivity index (χ0v) is 19.6. The van der Waals surface area contributed by atoms with Crippen LogP contribution in [-0.4, -0.2) is 63.6 Å². The van der Waals surface area contributed by atoms with E-state index in [1.807, 2.05) is 12.1 Å². The van der Waals surface area contributed by atoms with Gasteiger partial charge in [0.25, 0.3) is 0 Å². The van der Waals surface area contributed by atoms with Gasteiger partial charge in [-0.3, -0.25) is 4.99 Å². The molecule has 1 aliphatic carbocycles. The summed E-state index contributed by atoms with van der Waals surface area (Å²) in [5.41, 5.74) is 1.45. The Balaban J connectivity index is 0.00000261. The van der Waals surface area contributed by atoms with Crippen LogP contribution in [0.2, 0.25) is 0 Å². The van der Waals surface area contributed by atoms with Crippen molar-refractivity contribution in [1.29, 1.82) is 0 Å². The number of hydrogen-bond acceptors (Lipinski definition) is 4. The molecule has 1 saturated carbocycles. The number of methoxy groups -OCH3 is 1. The van der Waals surface area contributed by atoms with E-state index in [9.17, 15) is 8.42 Å². The normalized spacial score (nSPS) is 22.5. The predicted molar refractivity (Wildman–Crippen MR) is 120 cm³/mol. The number of rotatable bonds is 4. The third-order valence-electron chi connectivity index (χ3n) is 5.70. The van der Waals surface area contributed by atoms with Crippen molar-refractivity contribution in [2.75, 3.05) is 39.5 Å². The fourth-order valence-electron chi connectivity index (χ4n) is 3.57. The molecule has 2 fully saturated rings. The van der Waals surface area contributed by atoms with Crippen LogP contribution in [0.3, 0.4) is 0 Å². The van der Waals surface area contributed by atoms with Gasteiger partial charge in [-0.1, -0.05) is 12.1 Å². The van der Waals surface area contributed by atoms with Crippen molar-refractivity contribution in [3.63, 3.8) is 0 Å². The molecular formula is C19H30IN3O3S. The number of hydrogen-bond donors (Lipinski definition) is 1. The summed E-state index contributed by atoms with van der Waals surface area (Å²) in [6, 6.07) is 8.27. The van der Waals surface area contributed by atoms with E-state index < -0.39 is 14.6 Å². The largest absolute Gasteiger partial charge is 0.497 e. The van der Waals surface area contributed by atoms with E-state index in [0.717, 1.165) is 31.1 Å². The number of benzene rings is 1. The van der Waals surface area contributed by atoms with Crippen LogP contribution >= 0.6 is 24.0 Å². The highest BCUT2D eigenvalue weighted by atomic mass is 127. The summed E-state index contributed by atoms with van der Waals surface area (Å²) < 4.78 is 28.9. The van der Waals surface area contributed by atoms with Crippen molar-refractivity contribution in [2.45, 2.75) is 36.9 Å². The van der Waals surface area contributed by atoms with E-state index in [1.54, 1.807) is 28.0 Å². The first-order valence-electron chi connectivity index (χ1n) is 9.05. The summed E-state index contributed by atoms with van der Waals surface area (Å²) in [6.07, 6.45) is 2.28. The lowest BCUT2D eigenvalue weighted by molar-refractivity contribution is 0.352. The molecule has 0 spiro atoms. The highest BCUT2D eigenvalue weighted by Gasteiger charge is 2.45. The molecule has 1 aliphatic heterocycles. The minimum Gasteiger partial charge on any atom is -0.497 e. The van der Waals surface area contributed by atoms with E-state index in [4.69, 9.17) is 4.74 Å². The van der Waals surface area contributed by atoms with Crippen LogP contribution in [0.15, 0.2) is 29.3 Å². The second-order valence-electron chi connectivity index (χ2n) is 7.91. The summed E-state index contributed by atoms with van der Waals surface area (Å²) >= 11 is 0. The summed E-state index contributed by atoms with van der Waals surface area (Å²) in [7, 11) is 0.377. The molecule has 1 N–H and O–H groups in total.